The third-order valence-corrected chi connectivity index (χ3v) is 4.93. The first-order valence-corrected chi connectivity index (χ1v) is 10.2. The van der Waals surface area contributed by atoms with Crippen molar-refractivity contribution in [2.45, 2.75) is 26.7 Å². The molecule has 0 saturated heterocycles. The van der Waals surface area contributed by atoms with Crippen molar-refractivity contribution in [1.82, 2.24) is 15.6 Å². The number of aromatic nitrogens is 1. The van der Waals surface area contributed by atoms with Crippen LogP contribution in [0.25, 0.3) is 11.5 Å². The van der Waals surface area contributed by atoms with Crippen molar-refractivity contribution in [1.29, 1.82) is 0 Å². The van der Waals surface area contributed by atoms with Gasteiger partial charge in [0.2, 0.25) is 5.89 Å². The molecule has 1 aromatic heterocycles. The van der Waals surface area contributed by atoms with Crippen molar-refractivity contribution in [3.05, 3.63) is 71.1 Å². The third-order valence-electron chi connectivity index (χ3n) is 4.93. The lowest BCUT2D eigenvalue weighted by Crippen LogP contribution is -2.39. The molecule has 0 bridgehead atoms. The van der Waals surface area contributed by atoms with Crippen LogP contribution in [-0.2, 0) is 12.8 Å². The van der Waals surface area contributed by atoms with Crippen LogP contribution in [0.5, 0.6) is 5.75 Å². The smallest absolute Gasteiger partial charge is 0.226 e. The molecule has 0 fully saturated rings. The molecule has 1 heterocycles. The van der Waals surface area contributed by atoms with Crippen molar-refractivity contribution < 1.29 is 9.15 Å². The maximum absolute atomic E-state index is 5.62. The molecule has 3 aromatic rings. The molecule has 2 N–H and O–H groups in total. The summed E-state index contributed by atoms with van der Waals surface area (Å²) in [6.45, 7) is 5.62. The van der Waals surface area contributed by atoms with E-state index in [2.05, 4.69) is 57.9 Å². The quantitative estimate of drug-likeness (QED) is 0.253. The number of nitrogens with zero attached hydrogens (tertiary/aromatic N) is 2. The average Bonchev–Trinajstić information content (AvgIpc) is 3.23. The Bertz CT molecular complexity index is 983. The molecule has 31 heavy (non-hydrogen) atoms. The lowest BCUT2D eigenvalue weighted by Gasteiger charge is -2.12. The topological polar surface area (TPSA) is 71.7 Å². The van der Waals surface area contributed by atoms with Gasteiger partial charge < -0.3 is 19.8 Å². The number of hydrogen-bond donors (Lipinski definition) is 2. The molecule has 3 rings (SSSR count). The molecule has 7 heteroatoms. The Hall–Kier alpha value is -2.55. The Labute approximate surface area is 201 Å². The minimum absolute atomic E-state index is 0. The standard InChI is InChI=1S/C24H30N4O2.HI/c1-17-5-9-20(10-6-17)23-28-21(16-30-23)12-14-27-24(25-3)26-13-11-19-8-7-18(2)22(15-19)29-4;/h5-10,15-16H,11-14H2,1-4H3,(H2,25,26,27);1H. The van der Waals surface area contributed by atoms with E-state index in [9.17, 15) is 0 Å². The number of halogens is 1. The number of benzene rings is 2. The number of aliphatic imine (C=N–C) groups is 1. The molecule has 0 aliphatic carbocycles. The fourth-order valence-corrected chi connectivity index (χ4v) is 3.13. The zero-order chi connectivity index (χ0) is 21.3. The van der Waals surface area contributed by atoms with Gasteiger partial charge in [0, 0.05) is 32.1 Å². The molecular formula is C24H31IN4O2. The zero-order valence-corrected chi connectivity index (χ0v) is 20.9. The number of aryl methyl sites for hydroxylation is 2. The van der Waals surface area contributed by atoms with Crippen molar-refractivity contribution >= 4 is 29.9 Å². The number of methoxy groups -OCH3 is 1. The predicted octanol–water partition coefficient (Wildman–Crippen LogP) is 4.54. The SMILES string of the molecule is CN=C(NCCc1ccc(C)c(OC)c1)NCCc1coc(-c2ccc(C)cc2)n1.I. The number of oxazole rings is 1. The van der Waals surface area contributed by atoms with Gasteiger partial charge in [0.05, 0.1) is 12.8 Å². The van der Waals surface area contributed by atoms with E-state index in [4.69, 9.17) is 9.15 Å². The van der Waals surface area contributed by atoms with Crippen LogP contribution in [0, 0.1) is 13.8 Å². The first kappa shape index (κ1) is 24.7. The van der Waals surface area contributed by atoms with Gasteiger partial charge in [-0.2, -0.15) is 0 Å². The summed E-state index contributed by atoms with van der Waals surface area (Å²) in [5.41, 5.74) is 5.50. The summed E-state index contributed by atoms with van der Waals surface area (Å²) in [6.07, 6.45) is 3.36. The molecular weight excluding hydrogens is 503 g/mol. The van der Waals surface area contributed by atoms with Gasteiger partial charge in [0.25, 0.3) is 0 Å². The highest BCUT2D eigenvalue weighted by atomic mass is 127. The Morgan fingerprint density at radius 1 is 1.03 bits per heavy atom. The van der Waals surface area contributed by atoms with Gasteiger partial charge in [-0.15, -0.1) is 24.0 Å². The van der Waals surface area contributed by atoms with E-state index in [1.807, 2.05) is 19.1 Å². The van der Waals surface area contributed by atoms with Gasteiger partial charge in [-0.1, -0.05) is 29.8 Å². The van der Waals surface area contributed by atoms with Gasteiger partial charge >= 0.3 is 0 Å². The lowest BCUT2D eigenvalue weighted by atomic mass is 10.1. The van der Waals surface area contributed by atoms with Crippen LogP contribution >= 0.6 is 24.0 Å². The van der Waals surface area contributed by atoms with E-state index in [1.54, 1.807) is 20.4 Å². The van der Waals surface area contributed by atoms with E-state index < -0.39 is 0 Å². The highest BCUT2D eigenvalue weighted by molar-refractivity contribution is 14.0. The van der Waals surface area contributed by atoms with Gasteiger partial charge in [-0.25, -0.2) is 4.98 Å². The van der Waals surface area contributed by atoms with Crippen LogP contribution in [-0.4, -0.2) is 38.2 Å². The number of nitrogens with one attached hydrogen (secondary N) is 2. The van der Waals surface area contributed by atoms with E-state index >= 15 is 0 Å². The Balaban J connectivity index is 0.00000341. The first-order chi connectivity index (χ1) is 14.6. The Kier molecular flexibility index (Phi) is 9.84. The average molecular weight is 534 g/mol. The predicted molar refractivity (Wildman–Crippen MR) is 137 cm³/mol. The highest BCUT2D eigenvalue weighted by Gasteiger charge is 2.07. The van der Waals surface area contributed by atoms with Crippen molar-refractivity contribution in [2.24, 2.45) is 4.99 Å². The fourth-order valence-electron chi connectivity index (χ4n) is 3.13. The minimum atomic E-state index is 0. The fraction of sp³-hybridized carbons (Fsp3) is 0.333. The third kappa shape index (κ3) is 7.27. The Morgan fingerprint density at radius 2 is 1.74 bits per heavy atom. The van der Waals surface area contributed by atoms with Crippen LogP contribution < -0.4 is 15.4 Å². The molecule has 0 amide bonds. The molecule has 0 saturated carbocycles. The zero-order valence-electron chi connectivity index (χ0n) is 18.6. The second-order valence-electron chi connectivity index (χ2n) is 7.24. The molecule has 0 aliphatic rings. The van der Waals surface area contributed by atoms with Crippen LogP contribution in [0.15, 0.2) is 58.1 Å². The normalized spacial score (nSPS) is 11.0. The summed E-state index contributed by atoms with van der Waals surface area (Å²) in [5, 5.41) is 6.67. The molecule has 2 aromatic carbocycles. The summed E-state index contributed by atoms with van der Waals surface area (Å²) in [7, 11) is 3.48. The van der Waals surface area contributed by atoms with E-state index in [0.29, 0.717) is 5.89 Å². The second-order valence-corrected chi connectivity index (χ2v) is 7.24. The van der Waals surface area contributed by atoms with E-state index in [0.717, 1.165) is 54.5 Å². The highest BCUT2D eigenvalue weighted by Crippen LogP contribution is 2.20. The van der Waals surface area contributed by atoms with Crippen LogP contribution in [0.3, 0.4) is 0 Å². The summed E-state index contributed by atoms with van der Waals surface area (Å²) >= 11 is 0. The number of rotatable bonds is 8. The summed E-state index contributed by atoms with van der Waals surface area (Å²) in [4.78, 5) is 8.86. The van der Waals surface area contributed by atoms with Crippen molar-refractivity contribution in [2.75, 3.05) is 27.2 Å². The molecule has 166 valence electrons. The summed E-state index contributed by atoms with van der Waals surface area (Å²) < 4.78 is 11.0. The van der Waals surface area contributed by atoms with Crippen molar-refractivity contribution in [3.63, 3.8) is 0 Å². The maximum Gasteiger partial charge on any atom is 0.226 e. The summed E-state index contributed by atoms with van der Waals surface area (Å²) in [5.74, 6) is 2.35. The van der Waals surface area contributed by atoms with E-state index in [1.165, 1.54) is 11.1 Å². The van der Waals surface area contributed by atoms with Crippen LogP contribution in [0.2, 0.25) is 0 Å². The molecule has 0 spiro atoms. The largest absolute Gasteiger partial charge is 0.496 e. The lowest BCUT2D eigenvalue weighted by molar-refractivity contribution is 0.411. The van der Waals surface area contributed by atoms with Gasteiger partial charge in [-0.05, 0) is 49.6 Å². The van der Waals surface area contributed by atoms with Gasteiger partial charge in [0.15, 0.2) is 5.96 Å². The molecule has 0 aliphatic heterocycles. The number of guanidine groups is 1. The van der Waals surface area contributed by atoms with Crippen LogP contribution in [0.4, 0.5) is 0 Å². The number of hydrogen-bond acceptors (Lipinski definition) is 4. The molecule has 0 unspecified atom stereocenters. The molecule has 6 nitrogen and oxygen atoms in total. The minimum Gasteiger partial charge on any atom is -0.496 e. The molecule has 0 radical (unpaired) electrons. The summed E-state index contributed by atoms with van der Waals surface area (Å²) in [6, 6.07) is 14.5. The van der Waals surface area contributed by atoms with Crippen LogP contribution in [0.1, 0.15) is 22.4 Å². The van der Waals surface area contributed by atoms with E-state index in [-0.39, 0.29) is 24.0 Å². The first-order valence-electron chi connectivity index (χ1n) is 10.2. The monoisotopic (exact) mass is 534 g/mol. The molecule has 0 atom stereocenters. The second kappa shape index (κ2) is 12.3. The van der Waals surface area contributed by atoms with Gasteiger partial charge in [0.1, 0.15) is 12.0 Å². The number of ether oxygens (including phenoxy) is 1. The van der Waals surface area contributed by atoms with Crippen molar-refractivity contribution in [3.8, 4) is 17.2 Å². The van der Waals surface area contributed by atoms with Gasteiger partial charge in [-0.3, -0.25) is 4.99 Å². The maximum atomic E-state index is 5.62. The Morgan fingerprint density at radius 3 is 2.42 bits per heavy atom.